The van der Waals surface area contributed by atoms with Crippen LogP contribution >= 0.6 is 0 Å². The molecule has 0 saturated heterocycles. The fourth-order valence-corrected chi connectivity index (χ4v) is 0.250. The predicted molar refractivity (Wildman–Crippen MR) is 24.2 cm³/mol. The molecule has 0 bridgehead atoms. The zero-order valence-corrected chi connectivity index (χ0v) is 4.91. The van der Waals surface area contributed by atoms with Crippen LogP contribution in [0.15, 0.2) is 0 Å². The monoisotopic (exact) mass is 80.1 g/mol. The molecule has 0 rings (SSSR count). The van der Waals surface area contributed by atoms with E-state index in [9.17, 15) is 0 Å². The van der Waals surface area contributed by atoms with Gasteiger partial charge in [0.1, 0.15) is 0 Å². The largest absolute Gasteiger partial charge is 1.00 e. The van der Waals surface area contributed by atoms with Gasteiger partial charge in [-0.2, -0.15) is 0 Å². The minimum atomic E-state index is 0. The first-order valence-electron chi connectivity index (χ1n) is 2.12. The Hall–Kier alpha value is 0.557. The van der Waals surface area contributed by atoms with Gasteiger partial charge in [-0.1, -0.05) is 13.8 Å². The van der Waals surface area contributed by atoms with Gasteiger partial charge in [0.05, 0.1) is 0 Å². The molecule has 32 valence electrons. The van der Waals surface area contributed by atoms with E-state index in [0.717, 1.165) is 13.1 Å². The van der Waals surface area contributed by atoms with E-state index in [1.54, 1.807) is 0 Å². The summed E-state index contributed by atoms with van der Waals surface area (Å²) in [6.07, 6.45) is 0. The van der Waals surface area contributed by atoms with Crippen molar-refractivity contribution in [2.45, 2.75) is 13.8 Å². The molecular weight excluding hydrogens is 69.0 g/mol. The molecule has 0 aromatic carbocycles. The zero-order valence-electron chi connectivity index (χ0n) is 4.91. The zero-order chi connectivity index (χ0) is 4.12. The van der Waals surface area contributed by atoms with Gasteiger partial charge < -0.3 is 5.32 Å². The Morgan fingerprint density at radius 2 is 1.50 bits per heavy atom. The Morgan fingerprint density at radius 3 is 1.50 bits per heavy atom. The summed E-state index contributed by atoms with van der Waals surface area (Å²) >= 11 is 0. The van der Waals surface area contributed by atoms with Crippen molar-refractivity contribution in [1.82, 2.24) is 5.32 Å². The van der Waals surface area contributed by atoms with E-state index >= 15 is 0 Å². The van der Waals surface area contributed by atoms with Crippen LogP contribution in [0.25, 0.3) is 0 Å². The summed E-state index contributed by atoms with van der Waals surface area (Å²) in [5, 5.41) is 3.11. The number of hydrogen-bond donors (Lipinski definition) is 1. The average Bonchev–Trinajstić information content (AvgIpc) is 1.41. The van der Waals surface area contributed by atoms with Crippen LogP contribution in [-0.2, 0) is 0 Å². The second-order valence-corrected chi connectivity index (χ2v) is 0.957. The Kier molecular flexibility index (Phi) is 14.8. The Balaban J connectivity index is 0. The molecule has 0 unspecified atom stereocenters. The van der Waals surface area contributed by atoms with Crippen molar-refractivity contribution >= 4 is 0 Å². The minimum Gasteiger partial charge on any atom is -0.317 e. The molecule has 0 aromatic heterocycles. The third kappa shape index (κ3) is 8.82. The molecule has 0 aromatic rings. The first kappa shape index (κ1) is 9.75. The summed E-state index contributed by atoms with van der Waals surface area (Å²) in [5.41, 5.74) is 0. The summed E-state index contributed by atoms with van der Waals surface area (Å²) in [6.45, 7) is 6.39. The van der Waals surface area contributed by atoms with E-state index in [1.165, 1.54) is 0 Å². The van der Waals surface area contributed by atoms with Gasteiger partial charge in [0, 0.05) is 0 Å². The maximum atomic E-state index is 3.11. The molecule has 0 aliphatic carbocycles. The van der Waals surface area contributed by atoms with E-state index in [0.29, 0.717) is 0 Å². The van der Waals surface area contributed by atoms with Crippen molar-refractivity contribution in [3.05, 3.63) is 0 Å². The molecule has 0 spiro atoms. The number of rotatable bonds is 2. The van der Waals surface area contributed by atoms with Crippen LogP contribution in [0.4, 0.5) is 0 Å². The average molecular weight is 80.1 g/mol. The molecule has 0 aliphatic heterocycles. The summed E-state index contributed by atoms with van der Waals surface area (Å²) < 4.78 is 0. The van der Waals surface area contributed by atoms with E-state index in [4.69, 9.17) is 0 Å². The fraction of sp³-hybridized carbons (Fsp3) is 1.00. The molecule has 2 heteroatoms. The van der Waals surface area contributed by atoms with Crippen LogP contribution in [0.3, 0.4) is 0 Å². The van der Waals surface area contributed by atoms with Crippen LogP contribution in [0, 0.1) is 0 Å². The van der Waals surface area contributed by atoms with Crippen molar-refractivity contribution in [3.8, 4) is 0 Å². The third-order valence-corrected chi connectivity index (χ3v) is 0.500. The SMILES string of the molecule is CCNCC.[Li+]. The maximum absolute atomic E-state index is 3.11. The predicted octanol–water partition coefficient (Wildman–Crippen LogP) is -2.38. The summed E-state index contributed by atoms with van der Waals surface area (Å²) in [5.74, 6) is 0. The maximum Gasteiger partial charge on any atom is 1.00 e. The van der Waals surface area contributed by atoms with Crippen molar-refractivity contribution in [3.63, 3.8) is 0 Å². The van der Waals surface area contributed by atoms with Gasteiger partial charge in [-0.05, 0) is 13.1 Å². The van der Waals surface area contributed by atoms with E-state index in [1.807, 2.05) is 0 Å². The Bertz CT molecular complexity index is 15.0. The van der Waals surface area contributed by atoms with Gasteiger partial charge in [-0.3, -0.25) is 0 Å². The van der Waals surface area contributed by atoms with Gasteiger partial charge in [0.15, 0.2) is 0 Å². The van der Waals surface area contributed by atoms with Gasteiger partial charge in [-0.25, -0.2) is 0 Å². The van der Waals surface area contributed by atoms with Gasteiger partial charge in [-0.15, -0.1) is 0 Å². The van der Waals surface area contributed by atoms with Gasteiger partial charge in [0.25, 0.3) is 0 Å². The Labute approximate surface area is 51.7 Å². The number of hydrogen-bond acceptors (Lipinski definition) is 1. The second kappa shape index (κ2) is 9.12. The minimum absolute atomic E-state index is 0. The van der Waals surface area contributed by atoms with Crippen molar-refractivity contribution in [1.29, 1.82) is 0 Å². The van der Waals surface area contributed by atoms with Crippen molar-refractivity contribution in [2.24, 2.45) is 0 Å². The standard InChI is InChI=1S/C4H11N.Li/c1-3-5-4-2;/h5H,3-4H2,1-2H3;/q;+1. The smallest absolute Gasteiger partial charge is 0.317 e. The Morgan fingerprint density at radius 1 is 1.17 bits per heavy atom. The quantitative estimate of drug-likeness (QED) is 0.365. The summed E-state index contributed by atoms with van der Waals surface area (Å²) in [7, 11) is 0. The third-order valence-electron chi connectivity index (χ3n) is 0.500. The molecule has 0 aliphatic rings. The molecule has 0 fully saturated rings. The van der Waals surface area contributed by atoms with Crippen LogP contribution in [0.2, 0.25) is 0 Å². The molecule has 0 saturated carbocycles. The van der Waals surface area contributed by atoms with E-state index in [-0.39, 0.29) is 18.9 Å². The van der Waals surface area contributed by atoms with Crippen LogP contribution < -0.4 is 24.2 Å². The summed E-state index contributed by atoms with van der Waals surface area (Å²) in [4.78, 5) is 0. The molecule has 0 radical (unpaired) electrons. The topological polar surface area (TPSA) is 12.0 Å². The van der Waals surface area contributed by atoms with E-state index < -0.39 is 0 Å². The normalized spacial score (nSPS) is 7.00. The molecule has 6 heavy (non-hydrogen) atoms. The molecule has 0 atom stereocenters. The first-order valence-corrected chi connectivity index (χ1v) is 2.12. The molecule has 1 nitrogen and oxygen atoms in total. The fourth-order valence-electron chi connectivity index (χ4n) is 0.250. The van der Waals surface area contributed by atoms with E-state index in [2.05, 4.69) is 19.2 Å². The van der Waals surface area contributed by atoms with Crippen LogP contribution in [-0.4, -0.2) is 13.1 Å². The molecule has 1 N–H and O–H groups in total. The molecule has 0 heterocycles. The second-order valence-electron chi connectivity index (χ2n) is 0.957. The van der Waals surface area contributed by atoms with Crippen molar-refractivity contribution < 1.29 is 18.9 Å². The summed E-state index contributed by atoms with van der Waals surface area (Å²) in [6, 6.07) is 0. The number of nitrogens with one attached hydrogen (secondary N) is 1. The van der Waals surface area contributed by atoms with Gasteiger partial charge >= 0.3 is 18.9 Å². The van der Waals surface area contributed by atoms with Gasteiger partial charge in [0.2, 0.25) is 0 Å². The first-order chi connectivity index (χ1) is 2.41. The van der Waals surface area contributed by atoms with Crippen molar-refractivity contribution in [2.75, 3.05) is 13.1 Å². The van der Waals surface area contributed by atoms with Crippen LogP contribution in [0.5, 0.6) is 0 Å². The van der Waals surface area contributed by atoms with Crippen LogP contribution in [0.1, 0.15) is 13.8 Å². The molecular formula is C4H11LiN+. The molecule has 0 amide bonds.